The van der Waals surface area contributed by atoms with Crippen molar-refractivity contribution in [2.75, 3.05) is 34.4 Å². The van der Waals surface area contributed by atoms with Crippen LogP contribution in [0.25, 0.3) is 11.0 Å². The molecule has 186 valence electrons. The molecule has 3 aromatic rings. The van der Waals surface area contributed by atoms with Crippen molar-refractivity contribution >= 4 is 16.8 Å². The highest BCUT2D eigenvalue weighted by Gasteiger charge is 2.20. The van der Waals surface area contributed by atoms with Crippen LogP contribution in [0.15, 0.2) is 39.5 Å². The highest BCUT2D eigenvalue weighted by molar-refractivity contribution is 5.86. The van der Waals surface area contributed by atoms with Gasteiger partial charge in [0, 0.05) is 42.4 Å². The van der Waals surface area contributed by atoms with Crippen LogP contribution in [0.5, 0.6) is 17.2 Å². The number of methoxy groups -OCH3 is 2. The van der Waals surface area contributed by atoms with E-state index < -0.39 is 5.63 Å². The van der Waals surface area contributed by atoms with Gasteiger partial charge in [0.15, 0.2) is 11.5 Å². The first-order chi connectivity index (χ1) is 16.8. The van der Waals surface area contributed by atoms with E-state index in [0.29, 0.717) is 22.6 Å². The number of hydrogen-bond donors (Lipinski definition) is 0. The van der Waals surface area contributed by atoms with Crippen molar-refractivity contribution in [3.05, 3.63) is 63.0 Å². The summed E-state index contributed by atoms with van der Waals surface area (Å²) in [7, 11) is 5.26. The summed E-state index contributed by atoms with van der Waals surface area (Å²) in [6.07, 6.45) is 2.28. The molecule has 0 N–H and O–H groups in total. The van der Waals surface area contributed by atoms with Crippen molar-refractivity contribution < 1.29 is 23.4 Å². The first kappa shape index (κ1) is 24.8. The molecule has 0 aliphatic carbocycles. The van der Waals surface area contributed by atoms with E-state index in [1.165, 1.54) is 0 Å². The maximum atomic E-state index is 12.8. The van der Waals surface area contributed by atoms with Crippen LogP contribution in [0.4, 0.5) is 0 Å². The highest BCUT2D eigenvalue weighted by Crippen LogP contribution is 2.32. The molecule has 7 heteroatoms. The maximum Gasteiger partial charge on any atom is 0.339 e. The first-order valence-electron chi connectivity index (χ1n) is 11.9. The molecule has 1 aliphatic rings. The van der Waals surface area contributed by atoms with Crippen molar-refractivity contribution in [3.8, 4) is 17.2 Å². The summed E-state index contributed by atoms with van der Waals surface area (Å²) in [5, 5.41) is 0.780. The summed E-state index contributed by atoms with van der Waals surface area (Å²) in [5.74, 6) is 1.88. The molecule has 0 saturated carbocycles. The average Bonchev–Trinajstić information content (AvgIpc) is 2.83. The third-order valence-corrected chi connectivity index (χ3v) is 6.65. The summed E-state index contributed by atoms with van der Waals surface area (Å²) in [6.45, 7) is 5.82. The fourth-order valence-electron chi connectivity index (χ4n) is 4.71. The number of likely N-dealkylation sites (tertiary alicyclic amines) is 1. The Morgan fingerprint density at radius 1 is 1.03 bits per heavy atom. The van der Waals surface area contributed by atoms with Gasteiger partial charge in [-0.25, -0.2) is 4.79 Å². The standard InChI is InChI=1S/C28H33NO6/c1-17-12-19(14-25(32-4)26(17)33-5)13-22(30)16-21-15-20-6-7-24(18(2)27(20)35-28(21)31)34-23-8-10-29(3)11-9-23/h6-7,12,14-15,23H,8-11,13,16H2,1-5H3. The molecule has 2 heterocycles. The van der Waals surface area contributed by atoms with Crippen LogP contribution in [0.1, 0.15) is 35.1 Å². The fourth-order valence-corrected chi connectivity index (χ4v) is 4.71. The Labute approximate surface area is 205 Å². The third kappa shape index (κ3) is 5.51. The predicted octanol–water partition coefficient (Wildman–Crippen LogP) is 4.25. The van der Waals surface area contributed by atoms with E-state index >= 15 is 0 Å². The van der Waals surface area contributed by atoms with Crippen LogP contribution in [0, 0.1) is 13.8 Å². The Balaban J connectivity index is 1.51. The van der Waals surface area contributed by atoms with Gasteiger partial charge in [0.05, 0.1) is 14.2 Å². The molecule has 2 aromatic carbocycles. The SMILES string of the molecule is COc1cc(CC(=O)Cc2cc3ccc(OC4CCN(C)CC4)c(C)c3oc2=O)cc(C)c1OC. The largest absolute Gasteiger partial charge is 0.493 e. The van der Waals surface area contributed by atoms with Crippen LogP contribution < -0.4 is 19.8 Å². The Bertz CT molecular complexity index is 1290. The van der Waals surface area contributed by atoms with Gasteiger partial charge in [0.25, 0.3) is 0 Å². The Morgan fingerprint density at radius 3 is 2.46 bits per heavy atom. The first-order valence-corrected chi connectivity index (χ1v) is 11.9. The van der Waals surface area contributed by atoms with Gasteiger partial charge in [-0.2, -0.15) is 0 Å². The molecule has 1 aliphatic heterocycles. The van der Waals surface area contributed by atoms with Crippen molar-refractivity contribution in [1.82, 2.24) is 4.90 Å². The smallest absolute Gasteiger partial charge is 0.339 e. The molecule has 4 rings (SSSR count). The molecular weight excluding hydrogens is 446 g/mol. The summed E-state index contributed by atoms with van der Waals surface area (Å²) in [5.41, 5.74) is 2.86. The monoisotopic (exact) mass is 479 g/mol. The van der Waals surface area contributed by atoms with E-state index in [2.05, 4.69) is 11.9 Å². The van der Waals surface area contributed by atoms with E-state index in [-0.39, 0.29) is 24.7 Å². The minimum absolute atomic E-state index is 0.00143. The van der Waals surface area contributed by atoms with Gasteiger partial charge >= 0.3 is 5.63 Å². The third-order valence-electron chi connectivity index (χ3n) is 6.65. The molecule has 0 unspecified atom stereocenters. The normalized spacial score (nSPS) is 14.8. The van der Waals surface area contributed by atoms with Crippen LogP contribution >= 0.6 is 0 Å². The zero-order valence-corrected chi connectivity index (χ0v) is 21.1. The molecule has 0 amide bonds. The Kier molecular flexibility index (Phi) is 7.45. The summed E-state index contributed by atoms with van der Waals surface area (Å²) >= 11 is 0. The van der Waals surface area contributed by atoms with E-state index in [1.807, 2.05) is 32.0 Å². The van der Waals surface area contributed by atoms with Gasteiger partial charge < -0.3 is 23.5 Å². The molecule has 7 nitrogen and oxygen atoms in total. The number of aryl methyl sites for hydroxylation is 2. The highest BCUT2D eigenvalue weighted by atomic mass is 16.5. The number of benzene rings is 2. The summed E-state index contributed by atoms with van der Waals surface area (Å²) < 4.78 is 22.7. The minimum atomic E-state index is -0.492. The number of nitrogens with zero attached hydrogens (tertiary/aromatic N) is 1. The summed E-state index contributed by atoms with van der Waals surface area (Å²) in [4.78, 5) is 27.9. The lowest BCUT2D eigenvalue weighted by atomic mass is 10.0. The second-order valence-corrected chi connectivity index (χ2v) is 9.33. The average molecular weight is 480 g/mol. The number of rotatable bonds is 8. The molecule has 1 saturated heterocycles. The van der Waals surface area contributed by atoms with Crippen molar-refractivity contribution in [3.63, 3.8) is 0 Å². The number of fused-ring (bicyclic) bond motifs is 1. The van der Waals surface area contributed by atoms with Gasteiger partial charge in [-0.1, -0.05) is 6.07 Å². The Morgan fingerprint density at radius 2 is 1.77 bits per heavy atom. The lowest BCUT2D eigenvalue weighted by Crippen LogP contribution is -2.35. The van der Waals surface area contributed by atoms with Crippen LogP contribution in [-0.2, 0) is 17.6 Å². The molecule has 0 spiro atoms. The predicted molar refractivity (Wildman–Crippen MR) is 135 cm³/mol. The van der Waals surface area contributed by atoms with Crippen molar-refractivity contribution in [2.24, 2.45) is 0 Å². The number of ether oxygens (including phenoxy) is 3. The molecule has 0 radical (unpaired) electrons. The zero-order valence-electron chi connectivity index (χ0n) is 21.1. The number of ketones is 1. The van der Waals surface area contributed by atoms with Crippen LogP contribution in [0.3, 0.4) is 0 Å². The lowest BCUT2D eigenvalue weighted by Gasteiger charge is -2.29. The molecule has 0 bridgehead atoms. The molecule has 1 aromatic heterocycles. The lowest BCUT2D eigenvalue weighted by molar-refractivity contribution is -0.117. The second-order valence-electron chi connectivity index (χ2n) is 9.33. The van der Waals surface area contributed by atoms with E-state index in [0.717, 1.165) is 53.8 Å². The van der Waals surface area contributed by atoms with Crippen LogP contribution in [-0.4, -0.2) is 51.1 Å². The van der Waals surface area contributed by atoms with E-state index in [4.69, 9.17) is 18.6 Å². The van der Waals surface area contributed by atoms with Crippen molar-refractivity contribution in [2.45, 2.75) is 45.6 Å². The fraction of sp³-hybridized carbons (Fsp3) is 0.429. The number of carbonyl (C=O) groups is 1. The van der Waals surface area contributed by atoms with Gasteiger partial charge in [0.1, 0.15) is 23.2 Å². The van der Waals surface area contributed by atoms with Gasteiger partial charge in [-0.05, 0) is 69.1 Å². The van der Waals surface area contributed by atoms with Crippen molar-refractivity contribution in [1.29, 1.82) is 0 Å². The van der Waals surface area contributed by atoms with Gasteiger partial charge in [-0.3, -0.25) is 4.79 Å². The molecule has 1 fully saturated rings. The molecular formula is C28H33NO6. The van der Waals surface area contributed by atoms with Crippen LogP contribution in [0.2, 0.25) is 0 Å². The van der Waals surface area contributed by atoms with E-state index in [1.54, 1.807) is 26.4 Å². The molecule has 0 atom stereocenters. The quantitative estimate of drug-likeness (QED) is 0.447. The zero-order chi connectivity index (χ0) is 25.1. The van der Waals surface area contributed by atoms with E-state index in [9.17, 15) is 9.59 Å². The number of carbonyl (C=O) groups excluding carboxylic acids is 1. The number of Topliss-reactive ketones (excluding diaryl/α,β-unsaturated/α-hetero) is 1. The Hall–Kier alpha value is -3.32. The minimum Gasteiger partial charge on any atom is -0.493 e. The summed E-state index contributed by atoms with van der Waals surface area (Å²) in [6, 6.07) is 9.26. The van der Waals surface area contributed by atoms with Gasteiger partial charge in [0.2, 0.25) is 0 Å². The number of hydrogen-bond acceptors (Lipinski definition) is 7. The number of piperidine rings is 1. The van der Waals surface area contributed by atoms with Gasteiger partial charge in [-0.15, -0.1) is 0 Å². The maximum absolute atomic E-state index is 12.8. The second kappa shape index (κ2) is 10.5. The molecule has 35 heavy (non-hydrogen) atoms. The topological polar surface area (TPSA) is 78.2 Å².